The van der Waals surface area contributed by atoms with Gasteiger partial charge in [0.15, 0.2) is 0 Å². The second-order valence-corrected chi connectivity index (χ2v) is 3.48. The molecule has 0 atom stereocenters. The van der Waals surface area contributed by atoms with Crippen LogP contribution in [0.5, 0.6) is 0 Å². The molecule has 2 heterocycles. The highest BCUT2D eigenvalue weighted by Gasteiger charge is 2.01. The van der Waals surface area contributed by atoms with Crippen LogP contribution in [-0.2, 0) is 6.54 Å². The third-order valence-corrected chi connectivity index (χ3v) is 2.35. The number of aliphatic hydroxyl groups excluding tert-OH is 1. The van der Waals surface area contributed by atoms with E-state index in [-0.39, 0.29) is 6.61 Å². The molecule has 0 amide bonds. The molecule has 4 nitrogen and oxygen atoms in total. The van der Waals surface area contributed by atoms with Gasteiger partial charge in [-0.05, 0) is 24.3 Å². The van der Waals surface area contributed by atoms with Crippen LogP contribution in [0.4, 0.5) is 0 Å². The molecule has 2 N–H and O–H groups in total. The lowest BCUT2D eigenvalue weighted by molar-refractivity contribution is 0.291. The first kappa shape index (κ1) is 10.9. The molecule has 0 spiro atoms. The quantitative estimate of drug-likeness (QED) is 0.733. The van der Waals surface area contributed by atoms with Gasteiger partial charge in [-0.25, -0.2) is 0 Å². The summed E-state index contributed by atoms with van der Waals surface area (Å²) in [6.45, 7) is 1.51. The molecule has 0 radical (unpaired) electrons. The highest BCUT2D eigenvalue weighted by Crippen LogP contribution is 2.10. The van der Waals surface area contributed by atoms with E-state index in [9.17, 15) is 0 Å². The van der Waals surface area contributed by atoms with Crippen molar-refractivity contribution < 1.29 is 5.11 Å². The van der Waals surface area contributed by atoms with Crippen molar-refractivity contribution in [1.29, 1.82) is 0 Å². The number of rotatable bonds is 5. The van der Waals surface area contributed by atoms with Crippen molar-refractivity contribution >= 4 is 0 Å². The maximum absolute atomic E-state index is 8.70. The molecule has 4 heteroatoms. The summed E-state index contributed by atoms with van der Waals surface area (Å²) in [6, 6.07) is 7.99. The predicted octanol–water partition coefficient (Wildman–Crippen LogP) is 0.954. The molecule has 0 fully saturated rings. The topological polar surface area (TPSA) is 50.1 Å². The van der Waals surface area contributed by atoms with Crippen LogP contribution in [0.1, 0.15) is 5.69 Å². The molecule has 0 bridgehead atoms. The highest BCUT2D eigenvalue weighted by atomic mass is 16.3. The van der Waals surface area contributed by atoms with Gasteiger partial charge in [0.05, 0.1) is 18.5 Å². The smallest absolute Gasteiger partial charge is 0.0636 e. The van der Waals surface area contributed by atoms with Gasteiger partial charge in [-0.1, -0.05) is 0 Å². The lowest BCUT2D eigenvalue weighted by atomic mass is 10.3. The lowest BCUT2D eigenvalue weighted by Crippen LogP contribution is -2.19. The molecular formula is C12H15N3O. The van der Waals surface area contributed by atoms with Crippen LogP contribution in [-0.4, -0.2) is 27.8 Å². The molecule has 0 saturated heterocycles. The summed E-state index contributed by atoms with van der Waals surface area (Å²) >= 11 is 0. The Bertz CT molecular complexity index is 425. The first-order chi connectivity index (χ1) is 7.92. The fraction of sp³-hybridized carbons (Fsp3) is 0.250. The van der Waals surface area contributed by atoms with Crippen LogP contribution < -0.4 is 5.32 Å². The Kier molecular flexibility index (Phi) is 3.69. The first-order valence-electron chi connectivity index (χ1n) is 5.30. The van der Waals surface area contributed by atoms with Gasteiger partial charge in [-0.2, -0.15) is 0 Å². The Labute approximate surface area is 94.6 Å². The molecular weight excluding hydrogens is 202 g/mol. The number of aromatic nitrogens is 2. The van der Waals surface area contributed by atoms with E-state index in [0.717, 1.165) is 17.9 Å². The molecule has 2 aromatic rings. The average molecular weight is 217 g/mol. The van der Waals surface area contributed by atoms with Crippen molar-refractivity contribution in [1.82, 2.24) is 14.9 Å². The van der Waals surface area contributed by atoms with E-state index in [1.54, 1.807) is 6.20 Å². The summed E-state index contributed by atoms with van der Waals surface area (Å²) in [4.78, 5) is 4.10. The van der Waals surface area contributed by atoms with Crippen LogP contribution in [0.3, 0.4) is 0 Å². The van der Waals surface area contributed by atoms with Gasteiger partial charge in [-0.3, -0.25) is 4.98 Å². The fourth-order valence-corrected chi connectivity index (χ4v) is 1.60. The van der Waals surface area contributed by atoms with Gasteiger partial charge in [0.2, 0.25) is 0 Å². The van der Waals surface area contributed by atoms with Crippen LogP contribution >= 0.6 is 0 Å². The van der Waals surface area contributed by atoms with E-state index >= 15 is 0 Å². The molecule has 84 valence electrons. The minimum atomic E-state index is 0.160. The fourth-order valence-electron chi connectivity index (χ4n) is 1.60. The monoisotopic (exact) mass is 217 g/mol. The van der Waals surface area contributed by atoms with E-state index in [2.05, 4.69) is 20.9 Å². The van der Waals surface area contributed by atoms with Crippen molar-refractivity contribution in [2.75, 3.05) is 13.2 Å². The third kappa shape index (κ3) is 2.48. The maximum atomic E-state index is 8.70. The van der Waals surface area contributed by atoms with E-state index < -0.39 is 0 Å². The summed E-state index contributed by atoms with van der Waals surface area (Å²) in [6.07, 6.45) is 5.60. The van der Waals surface area contributed by atoms with Crippen molar-refractivity contribution in [3.05, 3.63) is 48.5 Å². The summed E-state index contributed by atoms with van der Waals surface area (Å²) in [5.41, 5.74) is 2.20. The second-order valence-electron chi connectivity index (χ2n) is 3.48. The predicted molar refractivity (Wildman–Crippen MR) is 62.4 cm³/mol. The molecule has 0 aliphatic rings. The first-order valence-corrected chi connectivity index (χ1v) is 5.30. The number of pyridine rings is 1. The number of aliphatic hydroxyl groups is 1. The molecule has 2 rings (SSSR count). The molecule has 16 heavy (non-hydrogen) atoms. The second kappa shape index (κ2) is 5.44. The van der Waals surface area contributed by atoms with E-state index in [1.807, 2.05) is 30.6 Å². The zero-order chi connectivity index (χ0) is 11.2. The SMILES string of the molecule is OCCNCc1cccn1-c1cccnc1. The zero-order valence-corrected chi connectivity index (χ0v) is 9.00. The Balaban J connectivity index is 2.13. The van der Waals surface area contributed by atoms with Gasteiger partial charge < -0.3 is 15.0 Å². The third-order valence-electron chi connectivity index (χ3n) is 2.35. The van der Waals surface area contributed by atoms with Crippen molar-refractivity contribution in [3.8, 4) is 5.69 Å². The summed E-state index contributed by atoms with van der Waals surface area (Å²) < 4.78 is 2.08. The number of hydrogen-bond donors (Lipinski definition) is 2. The summed E-state index contributed by atoms with van der Waals surface area (Å²) in [5, 5.41) is 11.9. The Morgan fingerprint density at radius 2 is 2.25 bits per heavy atom. The maximum Gasteiger partial charge on any atom is 0.0636 e. The van der Waals surface area contributed by atoms with Crippen molar-refractivity contribution in [3.63, 3.8) is 0 Å². The lowest BCUT2D eigenvalue weighted by Gasteiger charge is -2.09. The van der Waals surface area contributed by atoms with E-state index in [1.165, 1.54) is 0 Å². The van der Waals surface area contributed by atoms with E-state index in [4.69, 9.17) is 5.11 Å². The number of nitrogens with one attached hydrogen (secondary N) is 1. The largest absolute Gasteiger partial charge is 0.395 e. The van der Waals surface area contributed by atoms with Crippen molar-refractivity contribution in [2.45, 2.75) is 6.54 Å². The molecule has 0 aliphatic heterocycles. The number of nitrogens with zero attached hydrogens (tertiary/aromatic N) is 2. The minimum Gasteiger partial charge on any atom is -0.395 e. The van der Waals surface area contributed by atoms with Crippen LogP contribution in [0, 0.1) is 0 Å². The molecule has 2 aromatic heterocycles. The van der Waals surface area contributed by atoms with E-state index in [0.29, 0.717) is 6.54 Å². The Hall–Kier alpha value is -1.65. The van der Waals surface area contributed by atoms with Crippen LogP contribution in [0.25, 0.3) is 5.69 Å². The van der Waals surface area contributed by atoms with Crippen LogP contribution in [0.2, 0.25) is 0 Å². The normalized spacial score (nSPS) is 10.6. The van der Waals surface area contributed by atoms with Gasteiger partial charge in [0.1, 0.15) is 0 Å². The standard InChI is InChI=1S/C12H15N3O/c16-8-6-14-10-12-4-2-7-15(12)11-3-1-5-13-9-11/h1-5,7,9,14,16H,6,8,10H2. The molecule has 0 unspecified atom stereocenters. The minimum absolute atomic E-state index is 0.160. The molecule has 0 aromatic carbocycles. The van der Waals surface area contributed by atoms with Crippen LogP contribution in [0.15, 0.2) is 42.9 Å². The Morgan fingerprint density at radius 1 is 1.31 bits per heavy atom. The Morgan fingerprint density at radius 3 is 3.00 bits per heavy atom. The van der Waals surface area contributed by atoms with Crippen molar-refractivity contribution in [2.24, 2.45) is 0 Å². The summed E-state index contributed by atoms with van der Waals surface area (Å²) in [5.74, 6) is 0. The number of hydrogen-bond acceptors (Lipinski definition) is 3. The van der Waals surface area contributed by atoms with Gasteiger partial charge in [0, 0.05) is 31.2 Å². The van der Waals surface area contributed by atoms with Gasteiger partial charge >= 0.3 is 0 Å². The van der Waals surface area contributed by atoms with Gasteiger partial charge in [-0.15, -0.1) is 0 Å². The average Bonchev–Trinajstić information content (AvgIpc) is 2.79. The van der Waals surface area contributed by atoms with Gasteiger partial charge in [0.25, 0.3) is 0 Å². The molecule has 0 aliphatic carbocycles. The summed E-state index contributed by atoms with van der Waals surface area (Å²) in [7, 11) is 0. The highest BCUT2D eigenvalue weighted by molar-refractivity contribution is 5.31. The zero-order valence-electron chi connectivity index (χ0n) is 9.00. The molecule has 0 saturated carbocycles.